The van der Waals surface area contributed by atoms with Gasteiger partial charge in [-0.2, -0.15) is 0 Å². The van der Waals surface area contributed by atoms with E-state index in [4.69, 9.17) is 9.26 Å². The van der Waals surface area contributed by atoms with Crippen LogP contribution in [0.1, 0.15) is 42.4 Å². The second-order valence-corrected chi connectivity index (χ2v) is 6.99. The lowest BCUT2D eigenvalue weighted by Crippen LogP contribution is -2.29. The van der Waals surface area contributed by atoms with Gasteiger partial charge in [-0.15, -0.1) is 0 Å². The largest absolute Gasteiger partial charge is 0.452 e. The first kappa shape index (κ1) is 20.0. The van der Waals surface area contributed by atoms with Gasteiger partial charge >= 0.3 is 5.97 Å². The number of benzene rings is 2. The van der Waals surface area contributed by atoms with Crippen molar-refractivity contribution in [2.24, 2.45) is 0 Å². The predicted octanol–water partition coefficient (Wildman–Crippen LogP) is 2.89. The van der Waals surface area contributed by atoms with Gasteiger partial charge in [0.15, 0.2) is 12.4 Å². The number of imide groups is 1. The van der Waals surface area contributed by atoms with Crippen LogP contribution in [0.15, 0.2) is 53.1 Å². The van der Waals surface area contributed by atoms with Gasteiger partial charge in [0, 0.05) is 11.8 Å². The number of aromatic nitrogens is 1. The summed E-state index contributed by atoms with van der Waals surface area (Å²) in [6, 6.07) is 12.6. The monoisotopic (exact) mass is 419 g/mol. The molecule has 2 aromatic carbocycles. The Hall–Kier alpha value is -4.27. The summed E-state index contributed by atoms with van der Waals surface area (Å²) in [5.41, 5.74) is 1.85. The number of esters is 1. The fourth-order valence-corrected chi connectivity index (χ4v) is 3.08. The van der Waals surface area contributed by atoms with Crippen LogP contribution in [0.2, 0.25) is 0 Å². The highest BCUT2D eigenvalue weighted by Crippen LogP contribution is 2.29. The number of aryl methyl sites for hydroxylation is 2. The SMILES string of the molecule is Cc1ccc(NC(=O)COC(=O)c2ccc3c(c2)C(=O)N(c2cc(C)on2)C3=O)cc1. The van der Waals surface area contributed by atoms with Gasteiger partial charge in [0.2, 0.25) is 0 Å². The number of hydrogen-bond acceptors (Lipinski definition) is 7. The van der Waals surface area contributed by atoms with E-state index in [2.05, 4.69) is 10.5 Å². The molecule has 0 fully saturated rings. The fourth-order valence-electron chi connectivity index (χ4n) is 3.08. The number of anilines is 2. The number of nitrogens with zero attached hydrogens (tertiary/aromatic N) is 2. The maximum absolute atomic E-state index is 12.7. The zero-order valence-corrected chi connectivity index (χ0v) is 16.7. The van der Waals surface area contributed by atoms with Gasteiger partial charge in [-0.3, -0.25) is 14.4 Å². The number of carbonyl (C=O) groups excluding carboxylic acids is 4. The summed E-state index contributed by atoms with van der Waals surface area (Å²) in [6.45, 7) is 3.06. The number of nitrogens with one attached hydrogen (secondary N) is 1. The van der Waals surface area contributed by atoms with Crippen molar-refractivity contribution in [3.8, 4) is 0 Å². The molecule has 9 nitrogen and oxygen atoms in total. The van der Waals surface area contributed by atoms with Crippen molar-refractivity contribution in [3.05, 3.63) is 76.5 Å². The van der Waals surface area contributed by atoms with E-state index in [1.54, 1.807) is 19.1 Å². The Kier molecular flexibility index (Phi) is 5.08. The van der Waals surface area contributed by atoms with Crippen molar-refractivity contribution in [1.29, 1.82) is 0 Å². The first-order valence-electron chi connectivity index (χ1n) is 9.33. The van der Waals surface area contributed by atoms with Gasteiger partial charge < -0.3 is 14.6 Å². The van der Waals surface area contributed by atoms with Gasteiger partial charge in [0.25, 0.3) is 17.7 Å². The lowest BCUT2D eigenvalue weighted by Gasteiger charge is -2.08. The molecule has 3 amide bonds. The van der Waals surface area contributed by atoms with Crippen molar-refractivity contribution in [2.75, 3.05) is 16.8 Å². The third-order valence-corrected chi connectivity index (χ3v) is 4.64. The van der Waals surface area contributed by atoms with Crippen molar-refractivity contribution >= 4 is 35.2 Å². The van der Waals surface area contributed by atoms with Crippen LogP contribution in [-0.4, -0.2) is 35.5 Å². The Morgan fingerprint density at radius 2 is 1.71 bits per heavy atom. The second kappa shape index (κ2) is 7.86. The molecule has 4 rings (SSSR count). The molecular weight excluding hydrogens is 402 g/mol. The molecule has 1 aromatic heterocycles. The average Bonchev–Trinajstić information content (AvgIpc) is 3.28. The summed E-state index contributed by atoms with van der Waals surface area (Å²) < 4.78 is 9.96. The van der Waals surface area contributed by atoms with E-state index < -0.39 is 30.3 Å². The molecule has 2 heterocycles. The summed E-state index contributed by atoms with van der Waals surface area (Å²) in [4.78, 5) is 50.5. The lowest BCUT2D eigenvalue weighted by atomic mass is 10.1. The Morgan fingerprint density at radius 1 is 1.00 bits per heavy atom. The summed E-state index contributed by atoms with van der Waals surface area (Å²) in [6.07, 6.45) is 0. The van der Waals surface area contributed by atoms with Gasteiger partial charge in [-0.05, 0) is 44.2 Å². The van der Waals surface area contributed by atoms with Crippen molar-refractivity contribution in [2.45, 2.75) is 13.8 Å². The number of rotatable bonds is 5. The molecule has 1 aliphatic heterocycles. The van der Waals surface area contributed by atoms with E-state index in [1.807, 2.05) is 19.1 Å². The number of carbonyl (C=O) groups is 4. The Bertz CT molecular complexity index is 1210. The predicted molar refractivity (Wildman–Crippen MR) is 109 cm³/mol. The van der Waals surface area contributed by atoms with Crippen LogP contribution in [0, 0.1) is 13.8 Å². The lowest BCUT2D eigenvalue weighted by molar-refractivity contribution is -0.119. The molecule has 0 bridgehead atoms. The van der Waals surface area contributed by atoms with Crippen LogP contribution in [0.3, 0.4) is 0 Å². The van der Waals surface area contributed by atoms with Gasteiger partial charge in [0.1, 0.15) is 5.76 Å². The fraction of sp³-hybridized carbons (Fsp3) is 0.136. The molecular formula is C22H17N3O6. The molecule has 0 atom stereocenters. The Labute approximate surface area is 176 Å². The number of amides is 3. The second-order valence-electron chi connectivity index (χ2n) is 6.99. The molecule has 0 saturated carbocycles. The number of hydrogen-bond donors (Lipinski definition) is 1. The molecule has 0 aliphatic carbocycles. The van der Waals surface area contributed by atoms with Crippen molar-refractivity contribution in [1.82, 2.24) is 5.16 Å². The maximum Gasteiger partial charge on any atom is 0.338 e. The molecule has 31 heavy (non-hydrogen) atoms. The van der Waals surface area contributed by atoms with Crippen LogP contribution in [0.25, 0.3) is 0 Å². The minimum atomic E-state index is -0.794. The molecule has 1 aliphatic rings. The normalized spacial score (nSPS) is 12.6. The highest BCUT2D eigenvalue weighted by atomic mass is 16.5. The molecule has 0 spiro atoms. The molecule has 0 radical (unpaired) electrons. The van der Waals surface area contributed by atoms with Crippen molar-refractivity contribution < 1.29 is 28.4 Å². The Balaban J connectivity index is 1.43. The molecule has 3 aromatic rings. The van der Waals surface area contributed by atoms with Gasteiger partial charge in [-0.1, -0.05) is 22.9 Å². The summed E-state index contributed by atoms with van der Waals surface area (Å²) in [5, 5.41) is 6.32. The maximum atomic E-state index is 12.7. The van der Waals surface area contributed by atoms with E-state index in [0.717, 1.165) is 10.5 Å². The zero-order chi connectivity index (χ0) is 22.1. The first-order valence-corrected chi connectivity index (χ1v) is 9.33. The minimum Gasteiger partial charge on any atom is -0.452 e. The highest BCUT2D eigenvalue weighted by Gasteiger charge is 2.38. The van der Waals surface area contributed by atoms with Gasteiger partial charge in [-0.25, -0.2) is 9.69 Å². The third kappa shape index (κ3) is 3.93. The Morgan fingerprint density at radius 3 is 2.39 bits per heavy atom. The molecule has 0 unspecified atom stereocenters. The van der Waals surface area contributed by atoms with Crippen LogP contribution in [0.5, 0.6) is 0 Å². The number of fused-ring (bicyclic) bond motifs is 1. The highest BCUT2D eigenvalue weighted by molar-refractivity contribution is 6.34. The van der Waals surface area contributed by atoms with Crippen LogP contribution >= 0.6 is 0 Å². The summed E-state index contributed by atoms with van der Waals surface area (Å²) >= 11 is 0. The zero-order valence-electron chi connectivity index (χ0n) is 16.7. The van der Waals surface area contributed by atoms with E-state index in [0.29, 0.717) is 11.4 Å². The molecule has 9 heteroatoms. The van der Waals surface area contributed by atoms with Crippen LogP contribution < -0.4 is 10.2 Å². The molecule has 156 valence electrons. The van der Waals surface area contributed by atoms with Crippen molar-refractivity contribution in [3.63, 3.8) is 0 Å². The summed E-state index contributed by atoms with van der Waals surface area (Å²) in [5.74, 6) is -1.97. The molecule has 1 N–H and O–H groups in total. The number of ether oxygens (including phenoxy) is 1. The summed E-state index contributed by atoms with van der Waals surface area (Å²) in [7, 11) is 0. The van der Waals surface area contributed by atoms with Gasteiger partial charge in [0.05, 0.1) is 16.7 Å². The molecule has 0 saturated heterocycles. The van der Waals surface area contributed by atoms with E-state index in [-0.39, 0.29) is 22.5 Å². The average molecular weight is 419 g/mol. The topological polar surface area (TPSA) is 119 Å². The van der Waals surface area contributed by atoms with Crippen LogP contribution in [0.4, 0.5) is 11.5 Å². The smallest absolute Gasteiger partial charge is 0.338 e. The van der Waals surface area contributed by atoms with E-state index in [1.165, 1.54) is 24.3 Å². The quantitative estimate of drug-likeness (QED) is 0.499. The van der Waals surface area contributed by atoms with Crippen LogP contribution in [-0.2, 0) is 9.53 Å². The van der Waals surface area contributed by atoms with E-state index >= 15 is 0 Å². The first-order chi connectivity index (χ1) is 14.8. The minimum absolute atomic E-state index is 0.0428. The standard InChI is InChI=1S/C22H17N3O6/c1-12-3-6-15(7-4-12)23-19(26)11-30-22(29)14-5-8-16-17(10-14)21(28)25(20(16)27)18-9-13(2)31-24-18/h3-10H,11H2,1-2H3,(H,23,26). The third-order valence-electron chi connectivity index (χ3n) is 4.64. The van der Waals surface area contributed by atoms with E-state index in [9.17, 15) is 19.2 Å².